The number of rotatable bonds is 4. The fourth-order valence-corrected chi connectivity index (χ4v) is 1.91. The minimum absolute atomic E-state index is 0.0342. The molecule has 0 amide bonds. The lowest BCUT2D eigenvalue weighted by molar-refractivity contribution is 0.264. The second-order valence-corrected chi connectivity index (χ2v) is 4.82. The molecule has 2 aromatic rings. The van der Waals surface area contributed by atoms with Gasteiger partial charge in [-0.3, -0.25) is 0 Å². The predicted molar refractivity (Wildman–Crippen MR) is 67.6 cm³/mol. The summed E-state index contributed by atoms with van der Waals surface area (Å²) in [5.74, 6) is 1.34. The van der Waals surface area contributed by atoms with Crippen LogP contribution < -0.4 is 0 Å². The summed E-state index contributed by atoms with van der Waals surface area (Å²) < 4.78 is 2.07. The summed E-state index contributed by atoms with van der Waals surface area (Å²) in [7, 11) is 0. The van der Waals surface area contributed by atoms with Crippen LogP contribution in [0.2, 0.25) is 0 Å². The predicted octanol–water partition coefficient (Wildman–Crippen LogP) is 2.28. The number of hydrogen-bond acceptors (Lipinski definition) is 3. The second kappa shape index (κ2) is 4.84. The van der Waals surface area contributed by atoms with Gasteiger partial charge in [-0.1, -0.05) is 13.8 Å². The molecule has 0 bridgehead atoms. The van der Waals surface area contributed by atoms with Gasteiger partial charge in [0.25, 0.3) is 0 Å². The maximum atomic E-state index is 9.34. The highest BCUT2D eigenvalue weighted by molar-refractivity contribution is 5.71. The van der Waals surface area contributed by atoms with Gasteiger partial charge in [0.15, 0.2) is 5.65 Å². The average Bonchev–Trinajstić information content (AvgIpc) is 2.63. The summed E-state index contributed by atoms with van der Waals surface area (Å²) in [6.07, 6.45) is 1.08. The number of hydrogen-bond donors (Lipinski definition) is 1. The standard InChI is InChI=1S/C13H19N3O/c1-9(2)6-7-16-11-5-4-10(3)14-13(11)15-12(16)8-17/h4-5,9,17H,6-8H2,1-3H3. The van der Waals surface area contributed by atoms with E-state index in [0.29, 0.717) is 11.7 Å². The van der Waals surface area contributed by atoms with Crippen molar-refractivity contribution in [3.8, 4) is 0 Å². The van der Waals surface area contributed by atoms with E-state index in [4.69, 9.17) is 0 Å². The molecule has 4 nitrogen and oxygen atoms in total. The minimum atomic E-state index is -0.0342. The molecule has 0 aliphatic rings. The van der Waals surface area contributed by atoms with Crippen molar-refractivity contribution in [3.63, 3.8) is 0 Å². The minimum Gasteiger partial charge on any atom is -0.388 e. The Hall–Kier alpha value is -1.42. The Labute approximate surface area is 101 Å². The Balaban J connectivity index is 2.43. The molecule has 0 atom stereocenters. The van der Waals surface area contributed by atoms with Crippen molar-refractivity contribution in [1.29, 1.82) is 0 Å². The zero-order valence-electron chi connectivity index (χ0n) is 10.6. The van der Waals surface area contributed by atoms with E-state index in [1.807, 2.05) is 19.1 Å². The Morgan fingerprint density at radius 2 is 2.06 bits per heavy atom. The molecule has 2 heterocycles. The van der Waals surface area contributed by atoms with Crippen LogP contribution in [0, 0.1) is 12.8 Å². The summed E-state index contributed by atoms with van der Waals surface area (Å²) in [6.45, 7) is 7.19. The number of pyridine rings is 1. The first-order valence-corrected chi connectivity index (χ1v) is 6.05. The smallest absolute Gasteiger partial charge is 0.178 e. The second-order valence-electron chi connectivity index (χ2n) is 4.82. The molecule has 0 spiro atoms. The number of fused-ring (bicyclic) bond motifs is 1. The van der Waals surface area contributed by atoms with Crippen LogP contribution in [0.5, 0.6) is 0 Å². The number of aliphatic hydroxyl groups excluding tert-OH is 1. The highest BCUT2D eigenvalue weighted by Gasteiger charge is 2.11. The van der Waals surface area contributed by atoms with Crippen molar-refractivity contribution in [2.75, 3.05) is 0 Å². The van der Waals surface area contributed by atoms with Crippen LogP contribution in [0.3, 0.4) is 0 Å². The number of aromatic nitrogens is 3. The molecule has 17 heavy (non-hydrogen) atoms. The summed E-state index contributed by atoms with van der Waals surface area (Å²) >= 11 is 0. The Bertz CT molecular complexity index is 517. The molecule has 0 radical (unpaired) electrons. The quantitative estimate of drug-likeness (QED) is 0.881. The number of aryl methyl sites for hydroxylation is 2. The number of imidazole rings is 1. The van der Waals surface area contributed by atoms with E-state index < -0.39 is 0 Å². The first-order valence-electron chi connectivity index (χ1n) is 6.05. The monoisotopic (exact) mass is 233 g/mol. The van der Waals surface area contributed by atoms with E-state index >= 15 is 0 Å². The van der Waals surface area contributed by atoms with Gasteiger partial charge in [0.05, 0.1) is 5.52 Å². The zero-order chi connectivity index (χ0) is 12.4. The van der Waals surface area contributed by atoms with E-state index in [-0.39, 0.29) is 6.61 Å². The summed E-state index contributed by atoms with van der Waals surface area (Å²) in [5, 5.41) is 9.34. The molecule has 0 fully saturated rings. The van der Waals surface area contributed by atoms with Crippen LogP contribution in [-0.2, 0) is 13.2 Å². The van der Waals surface area contributed by atoms with Crippen LogP contribution in [0.15, 0.2) is 12.1 Å². The van der Waals surface area contributed by atoms with Gasteiger partial charge in [-0.25, -0.2) is 9.97 Å². The third-order valence-electron chi connectivity index (χ3n) is 2.90. The summed E-state index contributed by atoms with van der Waals surface area (Å²) in [6, 6.07) is 4.02. The molecular formula is C13H19N3O. The third-order valence-corrected chi connectivity index (χ3v) is 2.90. The molecule has 2 aromatic heterocycles. The lowest BCUT2D eigenvalue weighted by Gasteiger charge is -2.09. The molecule has 92 valence electrons. The largest absolute Gasteiger partial charge is 0.388 e. The molecule has 0 saturated carbocycles. The van der Waals surface area contributed by atoms with E-state index in [9.17, 15) is 5.11 Å². The van der Waals surface area contributed by atoms with Crippen LogP contribution in [0.4, 0.5) is 0 Å². The lowest BCUT2D eigenvalue weighted by Crippen LogP contribution is -2.06. The Morgan fingerprint density at radius 3 is 2.71 bits per heavy atom. The van der Waals surface area contributed by atoms with E-state index in [2.05, 4.69) is 28.4 Å². The maximum Gasteiger partial charge on any atom is 0.178 e. The van der Waals surface area contributed by atoms with Crippen molar-refractivity contribution < 1.29 is 5.11 Å². The fraction of sp³-hybridized carbons (Fsp3) is 0.538. The van der Waals surface area contributed by atoms with Gasteiger partial charge in [0.2, 0.25) is 0 Å². The van der Waals surface area contributed by atoms with E-state index in [1.54, 1.807) is 0 Å². The molecule has 4 heteroatoms. The summed E-state index contributed by atoms with van der Waals surface area (Å²) in [5.41, 5.74) is 2.70. The van der Waals surface area contributed by atoms with Gasteiger partial charge in [-0.05, 0) is 31.4 Å². The molecule has 0 aliphatic carbocycles. The van der Waals surface area contributed by atoms with Gasteiger partial charge in [0, 0.05) is 12.2 Å². The topological polar surface area (TPSA) is 50.9 Å². The molecule has 2 rings (SSSR count). The van der Waals surface area contributed by atoms with Gasteiger partial charge < -0.3 is 9.67 Å². The normalized spacial score (nSPS) is 11.6. The molecular weight excluding hydrogens is 214 g/mol. The molecule has 1 N–H and O–H groups in total. The number of nitrogens with zero attached hydrogens (tertiary/aromatic N) is 3. The fourth-order valence-electron chi connectivity index (χ4n) is 1.91. The van der Waals surface area contributed by atoms with Crippen molar-refractivity contribution in [1.82, 2.24) is 14.5 Å². The van der Waals surface area contributed by atoms with Crippen molar-refractivity contribution in [2.45, 2.75) is 40.3 Å². The molecule has 0 unspecified atom stereocenters. The SMILES string of the molecule is Cc1ccc2c(n1)nc(CO)n2CCC(C)C. The van der Waals surface area contributed by atoms with Gasteiger partial charge in [-0.2, -0.15) is 0 Å². The highest BCUT2D eigenvalue weighted by atomic mass is 16.3. The first kappa shape index (κ1) is 12.0. The first-order chi connectivity index (χ1) is 8.11. The van der Waals surface area contributed by atoms with Crippen LogP contribution >= 0.6 is 0 Å². The third kappa shape index (κ3) is 2.47. The van der Waals surface area contributed by atoms with E-state index in [0.717, 1.165) is 29.8 Å². The van der Waals surface area contributed by atoms with Crippen LogP contribution in [-0.4, -0.2) is 19.6 Å². The van der Waals surface area contributed by atoms with E-state index in [1.165, 1.54) is 0 Å². The molecule has 0 aliphatic heterocycles. The van der Waals surface area contributed by atoms with Gasteiger partial charge in [0.1, 0.15) is 12.4 Å². The molecule has 0 aromatic carbocycles. The van der Waals surface area contributed by atoms with Gasteiger partial charge in [-0.15, -0.1) is 0 Å². The lowest BCUT2D eigenvalue weighted by atomic mass is 10.1. The maximum absolute atomic E-state index is 9.34. The van der Waals surface area contributed by atoms with Crippen molar-refractivity contribution in [3.05, 3.63) is 23.7 Å². The zero-order valence-corrected chi connectivity index (χ0v) is 10.6. The van der Waals surface area contributed by atoms with Crippen LogP contribution in [0.1, 0.15) is 31.8 Å². The van der Waals surface area contributed by atoms with Crippen molar-refractivity contribution in [2.24, 2.45) is 5.92 Å². The highest BCUT2D eigenvalue weighted by Crippen LogP contribution is 2.17. The number of aliphatic hydroxyl groups is 1. The summed E-state index contributed by atoms with van der Waals surface area (Å²) in [4.78, 5) is 8.76. The molecule has 0 saturated heterocycles. The van der Waals surface area contributed by atoms with Crippen molar-refractivity contribution >= 4 is 11.2 Å². The van der Waals surface area contributed by atoms with Gasteiger partial charge >= 0.3 is 0 Å². The van der Waals surface area contributed by atoms with Crippen LogP contribution in [0.25, 0.3) is 11.2 Å². The Morgan fingerprint density at radius 1 is 1.29 bits per heavy atom. The average molecular weight is 233 g/mol. The Kier molecular flexibility index (Phi) is 3.43.